The Morgan fingerprint density at radius 3 is 2.82 bits per heavy atom. The van der Waals surface area contributed by atoms with E-state index in [1.807, 2.05) is 6.20 Å². The number of nitro groups is 1. The molecule has 0 bridgehead atoms. The third-order valence-corrected chi connectivity index (χ3v) is 3.34. The smallest absolute Gasteiger partial charge is 0.320 e. The molecule has 118 valence electrons. The minimum absolute atomic E-state index is 0.159. The van der Waals surface area contributed by atoms with Crippen LogP contribution in [0.4, 0.5) is 5.69 Å². The number of rotatable bonds is 7. The molecule has 0 aliphatic carbocycles. The van der Waals surface area contributed by atoms with Crippen LogP contribution in [-0.4, -0.2) is 36.9 Å². The lowest BCUT2D eigenvalue weighted by molar-refractivity contribution is -0.385. The van der Waals surface area contributed by atoms with Gasteiger partial charge in [0.05, 0.1) is 15.6 Å². The second-order valence-electron chi connectivity index (χ2n) is 4.51. The van der Waals surface area contributed by atoms with Crippen molar-refractivity contribution in [2.24, 2.45) is 0 Å². The zero-order valence-corrected chi connectivity index (χ0v) is 13.5. The number of hydrogen-bond acceptors (Lipinski definition) is 5. The first-order valence-electron chi connectivity index (χ1n) is 6.69. The lowest BCUT2D eigenvalue weighted by Gasteiger charge is -2.03. The van der Waals surface area contributed by atoms with Gasteiger partial charge in [0.15, 0.2) is 0 Å². The molecule has 2 heterocycles. The van der Waals surface area contributed by atoms with Crippen molar-refractivity contribution in [2.45, 2.75) is 26.4 Å². The second kappa shape index (κ2) is 7.16. The Labute approximate surface area is 134 Å². The molecule has 0 aromatic carbocycles. The lowest BCUT2D eigenvalue weighted by Crippen LogP contribution is -2.26. The summed E-state index contributed by atoms with van der Waals surface area (Å²) in [6, 6.07) is 0. The number of halogens is 1. The van der Waals surface area contributed by atoms with Crippen molar-refractivity contribution in [3.05, 3.63) is 38.9 Å². The van der Waals surface area contributed by atoms with Crippen molar-refractivity contribution < 1.29 is 9.72 Å². The van der Waals surface area contributed by atoms with E-state index in [-0.39, 0.29) is 11.4 Å². The molecule has 10 heteroatoms. The highest BCUT2D eigenvalue weighted by atomic mass is 79.9. The minimum atomic E-state index is -0.602. The Kier molecular flexibility index (Phi) is 5.26. The molecule has 9 nitrogen and oxygen atoms in total. The number of aromatic nitrogens is 4. The van der Waals surface area contributed by atoms with Gasteiger partial charge in [-0.3, -0.25) is 24.3 Å². The minimum Gasteiger partial charge on any atom is -0.350 e. The average molecular weight is 371 g/mol. The van der Waals surface area contributed by atoms with Crippen molar-refractivity contribution in [3.63, 3.8) is 0 Å². The summed E-state index contributed by atoms with van der Waals surface area (Å²) >= 11 is 3.30. The summed E-state index contributed by atoms with van der Waals surface area (Å²) in [5.41, 5.74) is -0.441. The fourth-order valence-corrected chi connectivity index (χ4v) is 2.18. The van der Waals surface area contributed by atoms with Crippen LogP contribution in [0.2, 0.25) is 0 Å². The van der Waals surface area contributed by atoms with E-state index in [2.05, 4.69) is 31.4 Å². The Morgan fingerprint density at radius 2 is 2.23 bits per heavy atom. The van der Waals surface area contributed by atoms with E-state index < -0.39 is 10.8 Å². The van der Waals surface area contributed by atoms with Crippen molar-refractivity contribution in [1.29, 1.82) is 0 Å². The second-order valence-corrected chi connectivity index (χ2v) is 5.42. The molecular weight excluding hydrogens is 356 g/mol. The lowest BCUT2D eigenvalue weighted by atomic mass is 10.3. The van der Waals surface area contributed by atoms with E-state index in [1.54, 1.807) is 17.8 Å². The summed E-state index contributed by atoms with van der Waals surface area (Å²) in [7, 11) is 0. The molecule has 2 aromatic rings. The summed E-state index contributed by atoms with van der Waals surface area (Å²) in [6.07, 6.45) is 5.42. The van der Waals surface area contributed by atoms with Crippen LogP contribution < -0.4 is 5.32 Å². The van der Waals surface area contributed by atoms with Crippen LogP contribution in [0, 0.1) is 10.1 Å². The number of hydrogen-bond donors (Lipinski definition) is 1. The van der Waals surface area contributed by atoms with Crippen LogP contribution in [-0.2, 0) is 13.1 Å². The van der Waals surface area contributed by atoms with Crippen LogP contribution in [0.15, 0.2) is 23.1 Å². The van der Waals surface area contributed by atoms with Gasteiger partial charge >= 0.3 is 5.69 Å². The number of carbonyl (C=O) groups is 1. The van der Waals surface area contributed by atoms with Crippen LogP contribution in [0.1, 0.15) is 23.8 Å². The molecule has 0 radical (unpaired) electrons. The van der Waals surface area contributed by atoms with Crippen LogP contribution in [0.3, 0.4) is 0 Å². The molecule has 2 aromatic heterocycles. The maximum Gasteiger partial charge on any atom is 0.320 e. The summed E-state index contributed by atoms with van der Waals surface area (Å²) in [4.78, 5) is 22.3. The molecule has 0 atom stereocenters. The third kappa shape index (κ3) is 3.91. The van der Waals surface area contributed by atoms with E-state index in [0.717, 1.165) is 4.47 Å². The van der Waals surface area contributed by atoms with Gasteiger partial charge in [-0.05, 0) is 29.3 Å². The van der Waals surface area contributed by atoms with Gasteiger partial charge in [0, 0.05) is 25.8 Å². The Hall–Kier alpha value is -2.23. The number of carbonyl (C=O) groups excluding carboxylic acids is 1. The molecule has 2 rings (SSSR count). The zero-order chi connectivity index (χ0) is 16.1. The molecule has 22 heavy (non-hydrogen) atoms. The number of amides is 1. The summed E-state index contributed by atoms with van der Waals surface area (Å²) in [5, 5.41) is 21.6. The maximum absolute atomic E-state index is 12.0. The Balaban J connectivity index is 1.89. The molecule has 0 unspecified atom stereocenters. The standard InChI is InChI=1S/C12H15BrN6O3/c1-2-17-8-10(19(21)22)11(16-17)12(20)14-4-3-5-18-7-9(13)6-15-18/h6-8H,2-5H2,1H3,(H,14,20). The highest BCUT2D eigenvalue weighted by Gasteiger charge is 2.24. The molecule has 0 saturated heterocycles. The van der Waals surface area contributed by atoms with Gasteiger partial charge in [-0.1, -0.05) is 0 Å². The van der Waals surface area contributed by atoms with Crippen LogP contribution in [0.5, 0.6) is 0 Å². The summed E-state index contributed by atoms with van der Waals surface area (Å²) in [5.74, 6) is -0.541. The maximum atomic E-state index is 12.0. The molecule has 0 aliphatic heterocycles. The van der Waals surface area contributed by atoms with E-state index in [4.69, 9.17) is 0 Å². The normalized spacial score (nSPS) is 10.6. The highest BCUT2D eigenvalue weighted by molar-refractivity contribution is 9.10. The van der Waals surface area contributed by atoms with E-state index in [9.17, 15) is 14.9 Å². The van der Waals surface area contributed by atoms with Crippen molar-refractivity contribution in [2.75, 3.05) is 6.54 Å². The Bertz CT molecular complexity index is 680. The van der Waals surface area contributed by atoms with Gasteiger partial charge in [-0.15, -0.1) is 0 Å². The largest absolute Gasteiger partial charge is 0.350 e. The van der Waals surface area contributed by atoms with Gasteiger partial charge in [0.1, 0.15) is 6.20 Å². The van der Waals surface area contributed by atoms with Crippen LogP contribution in [0.25, 0.3) is 0 Å². The summed E-state index contributed by atoms with van der Waals surface area (Å²) < 4.78 is 4.00. The predicted octanol–water partition coefficient (Wildman–Crippen LogP) is 1.59. The van der Waals surface area contributed by atoms with Gasteiger partial charge in [0.25, 0.3) is 5.91 Å². The van der Waals surface area contributed by atoms with Gasteiger partial charge in [-0.2, -0.15) is 10.2 Å². The van der Waals surface area contributed by atoms with E-state index in [0.29, 0.717) is 26.1 Å². The topological polar surface area (TPSA) is 108 Å². The number of aryl methyl sites for hydroxylation is 2. The molecule has 0 spiro atoms. The fourth-order valence-electron chi connectivity index (χ4n) is 1.86. The van der Waals surface area contributed by atoms with Gasteiger partial charge in [-0.25, -0.2) is 0 Å². The first-order valence-corrected chi connectivity index (χ1v) is 7.48. The van der Waals surface area contributed by atoms with E-state index >= 15 is 0 Å². The van der Waals surface area contributed by atoms with E-state index in [1.165, 1.54) is 10.9 Å². The number of nitrogens with zero attached hydrogens (tertiary/aromatic N) is 5. The number of nitrogens with one attached hydrogen (secondary N) is 1. The first kappa shape index (κ1) is 16.1. The molecule has 0 aliphatic rings. The monoisotopic (exact) mass is 370 g/mol. The first-order chi connectivity index (χ1) is 10.5. The summed E-state index contributed by atoms with van der Waals surface area (Å²) in [6.45, 7) is 3.27. The SMILES string of the molecule is CCn1cc([N+](=O)[O-])c(C(=O)NCCCn2cc(Br)cn2)n1. The van der Waals surface area contributed by atoms with Crippen LogP contribution >= 0.6 is 15.9 Å². The van der Waals surface area contributed by atoms with Crippen molar-refractivity contribution in [1.82, 2.24) is 24.9 Å². The molecule has 0 fully saturated rings. The van der Waals surface area contributed by atoms with Crippen molar-refractivity contribution >= 4 is 27.5 Å². The predicted molar refractivity (Wildman–Crippen MR) is 81.4 cm³/mol. The van der Waals surface area contributed by atoms with Gasteiger partial charge < -0.3 is 5.32 Å². The quantitative estimate of drug-likeness (QED) is 0.452. The van der Waals surface area contributed by atoms with Gasteiger partial charge in [0.2, 0.25) is 5.69 Å². The zero-order valence-electron chi connectivity index (χ0n) is 11.9. The third-order valence-electron chi connectivity index (χ3n) is 2.93. The average Bonchev–Trinajstić information content (AvgIpc) is 3.09. The fraction of sp³-hybridized carbons (Fsp3) is 0.417. The van der Waals surface area contributed by atoms with Crippen molar-refractivity contribution in [3.8, 4) is 0 Å². The molecule has 1 amide bonds. The molecule has 1 N–H and O–H groups in total. The molecular formula is C12H15BrN6O3. The Morgan fingerprint density at radius 1 is 1.45 bits per heavy atom. The highest BCUT2D eigenvalue weighted by Crippen LogP contribution is 2.16. The molecule has 0 saturated carbocycles.